The van der Waals surface area contributed by atoms with Gasteiger partial charge in [-0.25, -0.2) is 0 Å². The van der Waals surface area contributed by atoms with Crippen LogP contribution in [0, 0.1) is 17.8 Å². The maximum Gasteiger partial charge on any atom is 0.123 e. The number of nitrogens with zero attached hydrogens (tertiary/aromatic N) is 1. The van der Waals surface area contributed by atoms with Crippen LogP contribution in [0.5, 0.6) is 0 Å². The molecule has 1 aliphatic heterocycles. The van der Waals surface area contributed by atoms with Gasteiger partial charge in [-0.2, -0.15) is 0 Å². The Morgan fingerprint density at radius 2 is 1.87 bits per heavy atom. The Labute approximate surface area is 94.2 Å². The zero-order valence-corrected chi connectivity index (χ0v) is 10.7. The van der Waals surface area contributed by atoms with E-state index in [1.54, 1.807) is 0 Å². The molecule has 15 heavy (non-hydrogen) atoms. The van der Waals surface area contributed by atoms with Crippen molar-refractivity contribution < 1.29 is 9.28 Å². The minimum Gasteiger partial charge on any atom is -0.328 e. The van der Waals surface area contributed by atoms with Crippen LogP contribution in [-0.4, -0.2) is 38.0 Å². The fraction of sp³-hybridized carbons (Fsp3) is 0.923. The molecule has 3 unspecified atom stereocenters. The van der Waals surface area contributed by atoms with Gasteiger partial charge < -0.3 is 9.28 Å². The molecule has 0 saturated carbocycles. The summed E-state index contributed by atoms with van der Waals surface area (Å²) in [5.74, 6) is 1.89. The van der Waals surface area contributed by atoms with Gasteiger partial charge in [0.25, 0.3) is 0 Å². The van der Waals surface area contributed by atoms with Gasteiger partial charge >= 0.3 is 0 Å². The normalized spacial score (nSPS) is 31.5. The largest absolute Gasteiger partial charge is 0.328 e. The zero-order chi connectivity index (χ0) is 11.5. The van der Waals surface area contributed by atoms with Gasteiger partial charge in [0.05, 0.1) is 27.2 Å². The highest BCUT2D eigenvalue weighted by molar-refractivity contribution is 5.53. The van der Waals surface area contributed by atoms with Crippen LogP contribution in [0.1, 0.15) is 33.1 Å². The van der Waals surface area contributed by atoms with E-state index < -0.39 is 0 Å². The van der Waals surface area contributed by atoms with Crippen molar-refractivity contribution in [2.75, 3.05) is 27.2 Å². The first-order valence-electron chi connectivity index (χ1n) is 6.29. The second-order valence-electron chi connectivity index (χ2n) is 5.77. The van der Waals surface area contributed by atoms with E-state index in [2.05, 4.69) is 27.9 Å². The average molecular weight is 212 g/mol. The van der Waals surface area contributed by atoms with Crippen LogP contribution in [0.15, 0.2) is 0 Å². The van der Waals surface area contributed by atoms with Gasteiger partial charge in [-0.3, -0.25) is 0 Å². The zero-order valence-electron chi connectivity index (χ0n) is 10.7. The van der Waals surface area contributed by atoms with Gasteiger partial charge in [-0.15, -0.1) is 0 Å². The molecular formula is C13H26NO+. The van der Waals surface area contributed by atoms with Gasteiger partial charge in [-0.1, -0.05) is 13.8 Å². The van der Waals surface area contributed by atoms with Gasteiger partial charge in [-0.05, 0) is 19.3 Å². The summed E-state index contributed by atoms with van der Waals surface area (Å²) in [6.07, 6.45) is 4.54. The van der Waals surface area contributed by atoms with Gasteiger partial charge in [0.2, 0.25) is 0 Å². The molecule has 1 heterocycles. The average Bonchev–Trinajstić information content (AvgIpc) is 2.49. The summed E-state index contributed by atoms with van der Waals surface area (Å²) in [7, 11) is 4.62. The molecule has 0 aromatic heterocycles. The van der Waals surface area contributed by atoms with Crippen molar-refractivity contribution in [2.24, 2.45) is 17.8 Å². The van der Waals surface area contributed by atoms with Crippen LogP contribution in [-0.2, 0) is 4.79 Å². The standard InChI is InChI=1S/C13H26NO/c1-5-11(10-15)7-13-9-14(3,4)8-12(13)6-2/h10-13H,5-9H2,1-4H3/q+1. The molecule has 1 fully saturated rings. The summed E-state index contributed by atoms with van der Waals surface area (Å²) in [6, 6.07) is 0. The van der Waals surface area contributed by atoms with Crippen molar-refractivity contribution in [2.45, 2.75) is 33.1 Å². The molecule has 0 radical (unpaired) electrons. The number of quaternary nitrogens is 1. The van der Waals surface area contributed by atoms with Crippen LogP contribution in [0.25, 0.3) is 0 Å². The van der Waals surface area contributed by atoms with Crippen LogP contribution in [0.3, 0.4) is 0 Å². The predicted octanol–water partition coefficient (Wildman–Crippen LogP) is 2.33. The Morgan fingerprint density at radius 3 is 2.33 bits per heavy atom. The smallest absolute Gasteiger partial charge is 0.123 e. The van der Waals surface area contributed by atoms with E-state index in [1.807, 2.05) is 0 Å². The molecule has 3 atom stereocenters. The lowest BCUT2D eigenvalue weighted by atomic mass is 9.85. The molecule has 1 saturated heterocycles. The lowest BCUT2D eigenvalue weighted by Crippen LogP contribution is -2.37. The first-order valence-corrected chi connectivity index (χ1v) is 6.29. The monoisotopic (exact) mass is 212 g/mol. The van der Waals surface area contributed by atoms with Crippen molar-refractivity contribution in [1.29, 1.82) is 0 Å². The maximum absolute atomic E-state index is 10.9. The third-order valence-electron chi connectivity index (χ3n) is 3.97. The van der Waals surface area contributed by atoms with Crippen LogP contribution in [0.2, 0.25) is 0 Å². The first-order chi connectivity index (χ1) is 7.02. The number of hydrogen-bond acceptors (Lipinski definition) is 1. The fourth-order valence-electron chi connectivity index (χ4n) is 3.08. The van der Waals surface area contributed by atoms with Crippen molar-refractivity contribution in [3.05, 3.63) is 0 Å². The first kappa shape index (κ1) is 12.7. The second-order valence-corrected chi connectivity index (χ2v) is 5.77. The lowest BCUT2D eigenvalue weighted by Gasteiger charge is -2.23. The lowest BCUT2D eigenvalue weighted by molar-refractivity contribution is -0.880. The molecule has 1 aliphatic rings. The molecule has 0 N–H and O–H groups in total. The summed E-state index contributed by atoms with van der Waals surface area (Å²) in [6.45, 7) is 6.94. The van der Waals surface area contributed by atoms with Gasteiger partial charge in [0.15, 0.2) is 0 Å². The summed E-state index contributed by atoms with van der Waals surface area (Å²) >= 11 is 0. The molecule has 0 bridgehead atoms. The number of carbonyl (C=O) groups is 1. The molecule has 88 valence electrons. The second kappa shape index (κ2) is 5.11. The minimum absolute atomic E-state index is 0.294. The summed E-state index contributed by atoms with van der Waals surface area (Å²) in [5.41, 5.74) is 0. The Balaban J connectivity index is 2.56. The highest BCUT2D eigenvalue weighted by atomic mass is 16.1. The van der Waals surface area contributed by atoms with Crippen LogP contribution in [0.4, 0.5) is 0 Å². The number of hydrogen-bond donors (Lipinski definition) is 0. The highest BCUT2D eigenvalue weighted by Gasteiger charge is 2.39. The van der Waals surface area contributed by atoms with E-state index in [9.17, 15) is 4.79 Å². The molecule has 0 aromatic carbocycles. The van der Waals surface area contributed by atoms with E-state index >= 15 is 0 Å². The Hall–Kier alpha value is -0.370. The van der Waals surface area contributed by atoms with Gasteiger partial charge in [0.1, 0.15) is 6.29 Å². The van der Waals surface area contributed by atoms with Crippen LogP contribution >= 0.6 is 0 Å². The third-order valence-corrected chi connectivity index (χ3v) is 3.97. The van der Waals surface area contributed by atoms with Gasteiger partial charge in [0, 0.05) is 17.8 Å². The number of carbonyl (C=O) groups excluding carboxylic acids is 1. The van der Waals surface area contributed by atoms with Crippen molar-refractivity contribution in [3.63, 3.8) is 0 Å². The van der Waals surface area contributed by atoms with E-state index in [0.717, 1.165) is 35.4 Å². The molecule has 0 spiro atoms. The Morgan fingerprint density at radius 1 is 1.27 bits per heavy atom. The van der Waals surface area contributed by atoms with Crippen molar-refractivity contribution >= 4 is 6.29 Å². The quantitative estimate of drug-likeness (QED) is 0.505. The predicted molar refractivity (Wildman–Crippen MR) is 63.6 cm³/mol. The van der Waals surface area contributed by atoms with E-state index in [0.29, 0.717) is 5.92 Å². The number of aldehydes is 1. The van der Waals surface area contributed by atoms with E-state index in [1.165, 1.54) is 19.5 Å². The highest BCUT2D eigenvalue weighted by Crippen LogP contribution is 2.33. The topological polar surface area (TPSA) is 17.1 Å². The SMILES string of the molecule is CCC(C=O)CC1C[N+](C)(C)CC1CC. The molecule has 0 aromatic rings. The van der Waals surface area contributed by atoms with Crippen molar-refractivity contribution in [3.8, 4) is 0 Å². The molecule has 1 rings (SSSR count). The molecule has 0 amide bonds. The number of likely N-dealkylation sites (tertiary alicyclic amines) is 1. The molecule has 0 aliphatic carbocycles. The summed E-state index contributed by atoms with van der Waals surface area (Å²) < 4.78 is 1.14. The molecule has 2 heteroatoms. The Bertz CT molecular complexity index is 213. The summed E-state index contributed by atoms with van der Waals surface area (Å²) in [5, 5.41) is 0. The maximum atomic E-state index is 10.9. The van der Waals surface area contributed by atoms with Crippen LogP contribution < -0.4 is 0 Å². The van der Waals surface area contributed by atoms with E-state index in [-0.39, 0.29) is 0 Å². The molecule has 2 nitrogen and oxygen atoms in total. The third kappa shape index (κ3) is 3.30. The van der Waals surface area contributed by atoms with Crippen molar-refractivity contribution in [1.82, 2.24) is 0 Å². The Kier molecular flexibility index (Phi) is 4.32. The molecular weight excluding hydrogens is 186 g/mol. The minimum atomic E-state index is 0.294. The summed E-state index contributed by atoms with van der Waals surface area (Å²) in [4.78, 5) is 10.9. The fourth-order valence-corrected chi connectivity index (χ4v) is 3.08. The number of rotatable bonds is 5. The van der Waals surface area contributed by atoms with E-state index in [4.69, 9.17) is 0 Å².